The number of carbonyl (C=O) groups excluding carboxylic acids is 2. The number of hydrogen-bond donors (Lipinski definition) is 1. The molecule has 0 saturated heterocycles. The molecule has 0 fully saturated rings. The van der Waals surface area contributed by atoms with Crippen molar-refractivity contribution in [3.8, 4) is 0 Å². The van der Waals surface area contributed by atoms with E-state index in [1.54, 1.807) is 38.1 Å². The van der Waals surface area contributed by atoms with Gasteiger partial charge in [0.2, 0.25) is 10.0 Å². The van der Waals surface area contributed by atoms with Gasteiger partial charge in [-0.25, -0.2) is 13.2 Å². The Morgan fingerprint density at radius 1 is 1.04 bits per heavy atom. The number of esters is 1. The summed E-state index contributed by atoms with van der Waals surface area (Å²) in [6.07, 6.45) is 0. The van der Waals surface area contributed by atoms with Crippen LogP contribution in [0.4, 0.5) is 5.69 Å². The average Bonchev–Trinajstić information content (AvgIpc) is 2.67. The van der Waals surface area contributed by atoms with Gasteiger partial charge in [0.1, 0.15) is 0 Å². The van der Waals surface area contributed by atoms with Gasteiger partial charge in [0.15, 0.2) is 6.61 Å². The van der Waals surface area contributed by atoms with Gasteiger partial charge >= 0.3 is 5.97 Å². The molecule has 1 amide bonds. The van der Waals surface area contributed by atoms with Crippen LogP contribution in [0.25, 0.3) is 0 Å². The Bertz CT molecular complexity index is 941. The largest absolute Gasteiger partial charge is 0.452 e. The molecule has 2 rings (SSSR count). The molecule has 0 heterocycles. The van der Waals surface area contributed by atoms with Gasteiger partial charge in [0.05, 0.1) is 10.5 Å². The number of hydrogen-bond acceptors (Lipinski definition) is 5. The molecule has 0 radical (unpaired) electrons. The molecule has 0 unspecified atom stereocenters. The van der Waals surface area contributed by atoms with Crippen LogP contribution in [-0.4, -0.2) is 44.3 Å². The molecule has 2 aromatic carbocycles. The normalized spacial score (nSPS) is 11.3. The smallest absolute Gasteiger partial charge is 0.339 e. The van der Waals surface area contributed by atoms with Crippen LogP contribution in [0.15, 0.2) is 57.9 Å². The zero-order valence-electron chi connectivity index (χ0n) is 15.5. The first kappa shape index (κ1) is 22.1. The monoisotopic (exact) mass is 468 g/mol. The van der Waals surface area contributed by atoms with E-state index in [4.69, 9.17) is 4.74 Å². The third-order valence-corrected chi connectivity index (χ3v) is 6.67. The maximum absolute atomic E-state index is 12.4. The van der Waals surface area contributed by atoms with Crippen molar-refractivity contribution >= 4 is 43.5 Å². The minimum absolute atomic E-state index is 0.148. The van der Waals surface area contributed by atoms with Crippen LogP contribution < -0.4 is 5.32 Å². The molecule has 0 saturated carbocycles. The number of amides is 1. The number of benzene rings is 2. The van der Waals surface area contributed by atoms with Crippen LogP contribution in [0, 0.1) is 0 Å². The number of anilines is 1. The lowest BCUT2D eigenvalue weighted by atomic mass is 10.2. The van der Waals surface area contributed by atoms with E-state index in [1.807, 2.05) is 0 Å². The van der Waals surface area contributed by atoms with E-state index in [0.717, 1.165) is 0 Å². The highest BCUT2D eigenvalue weighted by Crippen LogP contribution is 2.19. The highest BCUT2D eigenvalue weighted by Gasteiger charge is 2.21. The van der Waals surface area contributed by atoms with Crippen LogP contribution >= 0.6 is 15.9 Å². The van der Waals surface area contributed by atoms with Crippen LogP contribution in [0.2, 0.25) is 0 Å². The summed E-state index contributed by atoms with van der Waals surface area (Å²) >= 11 is 3.25. The van der Waals surface area contributed by atoms with Crippen molar-refractivity contribution in [3.63, 3.8) is 0 Å². The Morgan fingerprint density at radius 3 is 2.21 bits per heavy atom. The van der Waals surface area contributed by atoms with Crippen LogP contribution in [0.3, 0.4) is 0 Å². The minimum atomic E-state index is -3.56. The van der Waals surface area contributed by atoms with E-state index in [0.29, 0.717) is 28.8 Å². The lowest BCUT2D eigenvalue weighted by Crippen LogP contribution is -2.30. The molecule has 0 aromatic heterocycles. The molecule has 0 aliphatic heterocycles. The summed E-state index contributed by atoms with van der Waals surface area (Å²) in [5.41, 5.74) is 0.724. The summed E-state index contributed by atoms with van der Waals surface area (Å²) in [6.45, 7) is 3.83. The van der Waals surface area contributed by atoms with E-state index >= 15 is 0 Å². The topological polar surface area (TPSA) is 92.8 Å². The van der Waals surface area contributed by atoms with Crippen LogP contribution in [-0.2, 0) is 19.6 Å². The van der Waals surface area contributed by atoms with Gasteiger partial charge in [0, 0.05) is 23.2 Å². The van der Waals surface area contributed by atoms with Gasteiger partial charge < -0.3 is 10.1 Å². The van der Waals surface area contributed by atoms with E-state index in [1.165, 1.54) is 28.6 Å². The predicted molar refractivity (Wildman–Crippen MR) is 110 cm³/mol. The number of halogens is 1. The fourth-order valence-corrected chi connectivity index (χ4v) is 4.36. The molecule has 28 heavy (non-hydrogen) atoms. The van der Waals surface area contributed by atoms with Crippen molar-refractivity contribution in [2.45, 2.75) is 18.7 Å². The van der Waals surface area contributed by atoms with Gasteiger partial charge in [-0.05, 0) is 52.3 Å². The van der Waals surface area contributed by atoms with E-state index < -0.39 is 28.5 Å². The van der Waals surface area contributed by atoms with Gasteiger partial charge in [0.25, 0.3) is 5.91 Å². The summed E-state index contributed by atoms with van der Waals surface area (Å²) in [7, 11) is -3.56. The Balaban J connectivity index is 1.96. The summed E-state index contributed by atoms with van der Waals surface area (Å²) in [5.74, 6) is -1.15. The SMILES string of the molecule is CCN(CC)S(=O)(=O)c1ccc(NC(=O)COC(=O)c2ccccc2Br)cc1. The van der Waals surface area contributed by atoms with E-state index in [-0.39, 0.29) is 4.90 Å². The number of nitrogens with zero attached hydrogens (tertiary/aromatic N) is 1. The number of carbonyl (C=O) groups is 2. The maximum atomic E-state index is 12.4. The number of nitrogens with one attached hydrogen (secondary N) is 1. The molecule has 0 atom stereocenters. The predicted octanol–water partition coefficient (Wildman–Crippen LogP) is 3.28. The lowest BCUT2D eigenvalue weighted by molar-refractivity contribution is -0.119. The molecule has 150 valence electrons. The molecule has 0 spiro atoms. The van der Waals surface area contributed by atoms with E-state index in [2.05, 4.69) is 21.2 Å². The van der Waals surface area contributed by atoms with Gasteiger partial charge in [-0.2, -0.15) is 4.31 Å². The molecule has 1 N–H and O–H groups in total. The lowest BCUT2D eigenvalue weighted by Gasteiger charge is -2.18. The van der Waals surface area contributed by atoms with E-state index in [9.17, 15) is 18.0 Å². The second-order valence-corrected chi connectivity index (χ2v) is 8.51. The first-order valence-corrected chi connectivity index (χ1v) is 10.8. The summed E-state index contributed by atoms with van der Waals surface area (Å²) in [5, 5.41) is 2.56. The van der Waals surface area contributed by atoms with Crippen molar-refractivity contribution in [1.29, 1.82) is 0 Å². The van der Waals surface area contributed by atoms with Crippen molar-refractivity contribution < 1.29 is 22.7 Å². The standard InChI is InChI=1S/C19H21BrN2O5S/c1-3-22(4-2)28(25,26)15-11-9-14(10-12-15)21-18(23)13-27-19(24)16-7-5-6-8-17(16)20/h5-12H,3-4,13H2,1-2H3,(H,21,23). The Kier molecular flexibility index (Phi) is 7.73. The Hall–Kier alpha value is -2.23. The van der Waals surface area contributed by atoms with Gasteiger partial charge in [-0.15, -0.1) is 0 Å². The molecule has 0 aliphatic rings. The average molecular weight is 469 g/mol. The summed E-state index contributed by atoms with van der Waals surface area (Å²) in [6, 6.07) is 12.6. The number of sulfonamides is 1. The second kappa shape index (κ2) is 9.81. The van der Waals surface area contributed by atoms with Crippen molar-refractivity contribution in [2.75, 3.05) is 25.0 Å². The van der Waals surface area contributed by atoms with Gasteiger partial charge in [-0.3, -0.25) is 4.79 Å². The number of ether oxygens (including phenoxy) is 1. The quantitative estimate of drug-likeness (QED) is 0.600. The fraction of sp³-hybridized carbons (Fsp3) is 0.263. The first-order valence-electron chi connectivity index (χ1n) is 8.61. The Labute approximate surface area is 172 Å². The van der Waals surface area contributed by atoms with Crippen LogP contribution in [0.5, 0.6) is 0 Å². The molecule has 9 heteroatoms. The maximum Gasteiger partial charge on any atom is 0.339 e. The zero-order chi connectivity index (χ0) is 20.7. The second-order valence-electron chi connectivity index (χ2n) is 5.72. The van der Waals surface area contributed by atoms with Crippen molar-refractivity contribution in [3.05, 3.63) is 58.6 Å². The molecular weight excluding hydrogens is 448 g/mol. The summed E-state index contributed by atoms with van der Waals surface area (Å²) in [4.78, 5) is 24.1. The molecule has 7 nitrogen and oxygen atoms in total. The zero-order valence-corrected chi connectivity index (χ0v) is 17.9. The fourth-order valence-electron chi connectivity index (χ4n) is 2.46. The highest BCUT2D eigenvalue weighted by molar-refractivity contribution is 9.10. The van der Waals surface area contributed by atoms with Gasteiger partial charge in [-0.1, -0.05) is 26.0 Å². The third kappa shape index (κ3) is 5.40. The molecule has 2 aromatic rings. The summed E-state index contributed by atoms with van der Waals surface area (Å²) < 4.78 is 31.8. The Morgan fingerprint density at radius 2 is 1.64 bits per heavy atom. The molecular formula is C19H21BrN2O5S. The molecule has 0 aliphatic carbocycles. The number of rotatable bonds is 8. The third-order valence-electron chi connectivity index (χ3n) is 3.91. The first-order chi connectivity index (χ1) is 13.3. The molecule has 0 bridgehead atoms. The van der Waals surface area contributed by atoms with Crippen molar-refractivity contribution in [1.82, 2.24) is 4.31 Å². The highest BCUT2D eigenvalue weighted by atomic mass is 79.9. The van der Waals surface area contributed by atoms with Crippen LogP contribution in [0.1, 0.15) is 24.2 Å². The minimum Gasteiger partial charge on any atom is -0.452 e. The van der Waals surface area contributed by atoms with Crippen molar-refractivity contribution in [2.24, 2.45) is 0 Å².